The molecule has 12 heteroatoms. The molecule has 1 N–H and O–H groups in total. The van der Waals surface area contributed by atoms with E-state index < -0.39 is 49.4 Å². The van der Waals surface area contributed by atoms with Gasteiger partial charge < -0.3 is 14.3 Å². The molecule has 6 nitrogen and oxygen atoms in total. The van der Waals surface area contributed by atoms with Crippen molar-refractivity contribution in [1.29, 1.82) is 0 Å². The molecule has 0 saturated heterocycles. The summed E-state index contributed by atoms with van der Waals surface area (Å²) in [5.74, 6) is -2.19. The van der Waals surface area contributed by atoms with E-state index in [0.717, 1.165) is 19.3 Å². The van der Waals surface area contributed by atoms with Gasteiger partial charge in [0.1, 0.15) is 12.4 Å². The molecule has 2 atom stereocenters. The van der Waals surface area contributed by atoms with Crippen LogP contribution in [0.1, 0.15) is 12.7 Å². The summed E-state index contributed by atoms with van der Waals surface area (Å²) in [5, 5.41) is 10.1. The highest BCUT2D eigenvalue weighted by molar-refractivity contribution is 5.76. The summed E-state index contributed by atoms with van der Waals surface area (Å²) in [4.78, 5) is 11.7. The summed E-state index contributed by atoms with van der Waals surface area (Å²) in [6.45, 7) is -1.36. The number of halogens is 6. The molecule has 0 radical (unpaired) electrons. The number of carbonyl (C=O) groups is 1. The minimum absolute atomic E-state index is 0.444. The van der Waals surface area contributed by atoms with E-state index >= 15 is 0 Å². The van der Waals surface area contributed by atoms with Gasteiger partial charge in [0, 0.05) is 0 Å². The van der Waals surface area contributed by atoms with E-state index in [0.29, 0.717) is 0 Å². The van der Waals surface area contributed by atoms with Crippen molar-refractivity contribution < 1.29 is 54.9 Å². The molecule has 24 heavy (non-hydrogen) atoms. The Hall–Kier alpha value is -1.79. The largest absolute Gasteiger partial charge is 0.523 e. The van der Waals surface area contributed by atoms with Crippen LogP contribution in [0.2, 0.25) is 0 Å². The molecule has 0 aliphatic rings. The number of esters is 1. The van der Waals surface area contributed by atoms with Gasteiger partial charge in [-0.15, -0.1) is 26.3 Å². The van der Waals surface area contributed by atoms with Gasteiger partial charge >= 0.3 is 18.7 Å². The van der Waals surface area contributed by atoms with Crippen LogP contribution in [-0.4, -0.2) is 43.1 Å². The van der Waals surface area contributed by atoms with Crippen molar-refractivity contribution in [3.05, 3.63) is 24.2 Å². The summed E-state index contributed by atoms with van der Waals surface area (Å²) >= 11 is 0. The van der Waals surface area contributed by atoms with Gasteiger partial charge in [0.05, 0.1) is 12.9 Å². The lowest BCUT2D eigenvalue weighted by molar-refractivity contribution is -0.358. The molecule has 0 bridgehead atoms. The molecule has 1 heterocycles. The van der Waals surface area contributed by atoms with E-state index in [1.807, 2.05) is 0 Å². The fourth-order valence-corrected chi connectivity index (χ4v) is 1.60. The standard InChI is InChI=1S/C12H12F6O6/c1-10(20,7-3-2-4-21-7)8(24-12(16,17)18)9(19)22-5-6-23-11(13,14)15/h2-4,8,20H,5-6H2,1H3. The number of furan rings is 1. The van der Waals surface area contributed by atoms with Gasteiger partial charge in [0.15, 0.2) is 11.7 Å². The Bertz CT molecular complexity index is 521. The third-order valence-electron chi connectivity index (χ3n) is 2.59. The van der Waals surface area contributed by atoms with Crippen LogP contribution < -0.4 is 0 Å². The summed E-state index contributed by atoms with van der Waals surface area (Å²) < 4.78 is 88.4. The highest BCUT2D eigenvalue weighted by atomic mass is 19.4. The lowest BCUT2D eigenvalue weighted by atomic mass is 9.96. The van der Waals surface area contributed by atoms with Crippen molar-refractivity contribution in [3.8, 4) is 0 Å². The number of alkyl halides is 6. The van der Waals surface area contributed by atoms with Gasteiger partial charge in [-0.3, -0.25) is 9.47 Å². The molecule has 0 amide bonds. The fraction of sp³-hybridized carbons (Fsp3) is 0.583. The van der Waals surface area contributed by atoms with Gasteiger partial charge in [0.2, 0.25) is 0 Å². The maximum Gasteiger partial charge on any atom is 0.523 e. The molecule has 2 unspecified atom stereocenters. The molecule has 1 aromatic rings. The Balaban J connectivity index is 2.80. The Kier molecular flexibility index (Phi) is 6.25. The fourth-order valence-electron chi connectivity index (χ4n) is 1.60. The molecule has 0 fully saturated rings. The van der Waals surface area contributed by atoms with Crippen LogP contribution in [0.5, 0.6) is 0 Å². The number of hydrogen-bond acceptors (Lipinski definition) is 6. The third-order valence-corrected chi connectivity index (χ3v) is 2.59. The van der Waals surface area contributed by atoms with Crippen molar-refractivity contribution in [3.63, 3.8) is 0 Å². The molecular weight excluding hydrogens is 354 g/mol. The molecule has 138 valence electrons. The zero-order valence-corrected chi connectivity index (χ0v) is 12.0. The second-order valence-corrected chi connectivity index (χ2v) is 4.53. The number of carbonyl (C=O) groups excluding carboxylic acids is 1. The van der Waals surface area contributed by atoms with Crippen LogP contribution in [-0.2, 0) is 24.6 Å². The second kappa shape index (κ2) is 7.40. The third kappa shape index (κ3) is 6.37. The molecule has 0 saturated carbocycles. The predicted molar refractivity (Wildman–Crippen MR) is 62.2 cm³/mol. The number of aliphatic hydroxyl groups is 1. The van der Waals surface area contributed by atoms with E-state index in [9.17, 15) is 36.2 Å². The normalized spacial score (nSPS) is 16.5. The number of ether oxygens (including phenoxy) is 3. The Labute approximate surface area is 130 Å². The summed E-state index contributed by atoms with van der Waals surface area (Å²) in [6.07, 6.45) is -11.9. The number of hydrogen-bond donors (Lipinski definition) is 1. The van der Waals surface area contributed by atoms with Crippen LogP contribution in [0.15, 0.2) is 22.8 Å². The summed E-state index contributed by atoms with van der Waals surface area (Å²) in [7, 11) is 0. The second-order valence-electron chi connectivity index (χ2n) is 4.53. The average Bonchev–Trinajstić information content (AvgIpc) is 2.93. The molecule has 1 rings (SSSR count). The maximum atomic E-state index is 12.4. The van der Waals surface area contributed by atoms with E-state index in [4.69, 9.17) is 4.42 Å². The van der Waals surface area contributed by atoms with Crippen molar-refractivity contribution in [2.24, 2.45) is 0 Å². The van der Waals surface area contributed by atoms with E-state index in [1.54, 1.807) is 0 Å². The highest BCUT2D eigenvalue weighted by Crippen LogP contribution is 2.32. The zero-order valence-electron chi connectivity index (χ0n) is 12.0. The van der Waals surface area contributed by atoms with Crippen LogP contribution in [0.4, 0.5) is 26.3 Å². The van der Waals surface area contributed by atoms with Crippen LogP contribution in [0, 0.1) is 0 Å². The van der Waals surface area contributed by atoms with Crippen molar-refractivity contribution in [2.75, 3.05) is 13.2 Å². The monoisotopic (exact) mass is 366 g/mol. The lowest BCUT2D eigenvalue weighted by Crippen LogP contribution is -2.47. The minimum atomic E-state index is -5.33. The molecule has 0 aliphatic heterocycles. The highest BCUT2D eigenvalue weighted by Gasteiger charge is 2.49. The molecule has 1 aromatic heterocycles. The first-order valence-electron chi connectivity index (χ1n) is 6.21. The number of rotatable bonds is 7. The zero-order chi connectivity index (χ0) is 18.6. The minimum Gasteiger partial charge on any atom is -0.466 e. The van der Waals surface area contributed by atoms with Gasteiger partial charge in [-0.2, -0.15) is 0 Å². The maximum absolute atomic E-state index is 12.4. The Morgan fingerprint density at radius 3 is 2.29 bits per heavy atom. The van der Waals surface area contributed by atoms with Gasteiger partial charge in [-0.25, -0.2) is 4.79 Å². The Morgan fingerprint density at radius 2 is 1.83 bits per heavy atom. The lowest BCUT2D eigenvalue weighted by Gasteiger charge is -2.29. The van der Waals surface area contributed by atoms with Crippen LogP contribution in [0.3, 0.4) is 0 Å². The van der Waals surface area contributed by atoms with Crippen LogP contribution >= 0.6 is 0 Å². The van der Waals surface area contributed by atoms with Gasteiger partial charge in [-0.1, -0.05) is 0 Å². The van der Waals surface area contributed by atoms with E-state index in [-0.39, 0.29) is 0 Å². The topological polar surface area (TPSA) is 78.1 Å². The first-order valence-corrected chi connectivity index (χ1v) is 6.21. The first kappa shape index (κ1) is 20.3. The van der Waals surface area contributed by atoms with Gasteiger partial charge in [-0.05, 0) is 19.1 Å². The van der Waals surface area contributed by atoms with E-state index in [2.05, 4.69) is 14.2 Å². The van der Waals surface area contributed by atoms with Crippen molar-refractivity contribution >= 4 is 5.97 Å². The summed E-state index contributed by atoms with van der Waals surface area (Å²) in [5.41, 5.74) is -2.60. The van der Waals surface area contributed by atoms with Gasteiger partial charge in [0.25, 0.3) is 0 Å². The Morgan fingerprint density at radius 1 is 1.21 bits per heavy atom. The van der Waals surface area contributed by atoms with Crippen LogP contribution in [0.25, 0.3) is 0 Å². The summed E-state index contributed by atoms with van der Waals surface area (Å²) in [6, 6.07) is 2.31. The molecule has 0 aliphatic carbocycles. The molecular formula is C12H12F6O6. The van der Waals surface area contributed by atoms with Crippen molar-refractivity contribution in [2.45, 2.75) is 31.4 Å². The van der Waals surface area contributed by atoms with Crippen molar-refractivity contribution in [1.82, 2.24) is 0 Å². The first-order chi connectivity index (χ1) is 10.8. The van der Waals surface area contributed by atoms with E-state index in [1.165, 1.54) is 6.07 Å². The quantitative estimate of drug-likeness (QED) is 0.454. The molecule has 0 spiro atoms. The molecule has 0 aromatic carbocycles. The smallest absolute Gasteiger partial charge is 0.466 e. The predicted octanol–water partition coefficient (Wildman–Crippen LogP) is 2.47. The average molecular weight is 366 g/mol. The SMILES string of the molecule is CC(O)(c1ccco1)C(OC(F)(F)F)C(=O)OCCOC(F)(F)F.